The number of aliphatic hydroxyl groups excluding tert-OH is 1. The van der Waals surface area contributed by atoms with E-state index in [1.54, 1.807) is 26.0 Å². The Kier molecular flexibility index (Phi) is 4.96. The Balaban J connectivity index is 3.19. The van der Waals surface area contributed by atoms with E-state index in [-0.39, 0.29) is 6.61 Å². The third kappa shape index (κ3) is 2.98. The summed E-state index contributed by atoms with van der Waals surface area (Å²) in [6.07, 6.45) is -1.33. The highest BCUT2D eigenvalue weighted by molar-refractivity contribution is 9.10. The number of benzene rings is 1. The maximum absolute atomic E-state index is 11.5. The number of carbonyl (C=O) groups is 1. The van der Waals surface area contributed by atoms with Crippen molar-refractivity contribution in [3.63, 3.8) is 0 Å². The molecule has 0 radical (unpaired) electrons. The molecule has 0 heterocycles. The van der Waals surface area contributed by atoms with Crippen molar-refractivity contribution in [3.05, 3.63) is 27.7 Å². The molecule has 0 aromatic heterocycles. The second-order valence-corrected chi connectivity index (χ2v) is 4.30. The number of ether oxygens (including phenoxy) is 2. The van der Waals surface area contributed by atoms with Gasteiger partial charge in [-0.25, -0.2) is 4.79 Å². The summed E-state index contributed by atoms with van der Waals surface area (Å²) < 4.78 is 10.7. The SMILES string of the molecule is CCOC(=O)C(O)c1c(OC)ccc(Br)c1C. The summed E-state index contributed by atoms with van der Waals surface area (Å²) in [5.74, 6) is -0.210. The maximum atomic E-state index is 11.5. The number of halogens is 1. The van der Waals surface area contributed by atoms with Crippen LogP contribution in [0.2, 0.25) is 0 Å². The van der Waals surface area contributed by atoms with Gasteiger partial charge in [-0.1, -0.05) is 15.9 Å². The summed E-state index contributed by atoms with van der Waals surface area (Å²) in [5.41, 5.74) is 1.19. The predicted molar refractivity (Wildman–Crippen MR) is 67.0 cm³/mol. The number of hydrogen-bond acceptors (Lipinski definition) is 4. The molecule has 0 bridgehead atoms. The van der Waals surface area contributed by atoms with E-state index in [1.165, 1.54) is 7.11 Å². The minimum Gasteiger partial charge on any atom is -0.496 e. The number of esters is 1. The van der Waals surface area contributed by atoms with Crippen LogP contribution in [0.15, 0.2) is 16.6 Å². The van der Waals surface area contributed by atoms with Gasteiger partial charge in [0.25, 0.3) is 0 Å². The van der Waals surface area contributed by atoms with Gasteiger partial charge in [-0.2, -0.15) is 0 Å². The Morgan fingerprint density at radius 3 is 2.71 bits per heavy atom. The molecule has 4 nitrogen and oxygen atoms in total. The topological polar surface area (TPSA) is 55.8 Å². The van der Waals surface area contributed by atoms with Gasteiger partial charge in [-0.15, -0.1) is 0 Å². The second kappa shape index (κ2) is 6.02. The van der Waals surface area contributed by atoms with Crippen molar-refractivity contribution in [2.45, 2.75) is 20.0 Å². The first kappa shape index (κ1) is 14.0. The molecule has 17 heavy (non-hydrogen) atoms. The van der Waals surface area contributed by atoms with Crippen molar-refractivity contribution in [1.82, 2.24) is 0 Å². The average Bonchev–Trinajstić information content (AvgIpc) is 2.32. The lowest BCUT2D eigenvalue weighted by Crippen LogP contribution is -2.17. The number of hydrogen-bond donors (Lipinski definition) is 1. The molecule has 0 fully saturated rings. The molecular weight excluding hydrogens is 288 g/mol. The molecule has 1 unspecified atom stereocenters. The van der Waals surface area contributed by atoms with Gasteiger partial charge in [0.2, 0.25) is 0 Å². The fraction of sp³-hybridized carbons (Fsp3) is 0.417. The summed E-state index contributed by atoms with van der Waals surface area (Å²) in [4.78, 5) is 11.5. The Labute approximate surface area is 109 Å². The van der Waals surface area contributed by atoms with Gasteiger partial charge in [-0.05, 0) is 31.5 Å². The van der Waals surface area contributed by atoms with Crippen LogP contribution in [0.1, 0.15) is 24.2 Å². The van der Waals surface area contributed by atoms with E-state index in [0.29, 0.717) is 11.3 Å². The molecule has 0 saturated heterocycles. The molecule has 0 amide bonds. The molecule has 0 aliphatic heterocycles. The lowest BCUT2D eigenvalue weighted by molar-refractivity contribution is -0.153. The zero-order valence-electron chi connectivity index (χ0n) is 9.99. The predicted octanol–water partition coefficient (Wildman–Crippen LogP) is 2.36. The van der Waals surface area contributed by atoms with Crippen molar-refractivity contribution in [2.24, 2.45) is 0 Å². The van der Waals surface area contributed by atoms with Gasteiger partial charge in [0, 0.05) is 10.0 Å². The smallest absolute Gasteiger partial charge is 0.339 e. The fourth-order valence-corrected chi connectivity index (χ4v) is 1.88. The summed E-state index contributed by atoms with van der Waals surface area (Å²) in [6.45, 7) is 3.71. The molecule has 0 aliphatic carbocycles. The van der Waals surface area contributed by atoms with E-state index in [4.69, 9.17) is 9.47 Å². The zero-order chi connectivity index (χ0) is 13.0. The third-order valence-electron chi connectivity index (χ3n) is 2.41. The van der Waals surface area contributed by atoms with Crippen LogP contribution in [0.4, 0.5) is 0 Å². The highest BCUT2D eigenvalue weighted by atomic mass is 79.9. The van der Waals surface area contributed by atoms with Crippen LogP contribution in [0.25, 0.3) is 0 Å². The Morgan fingerprint density at radius 2 is 2.18 bits per heavy atom. The first-order valence-corrected chi connectivity index (χ1v) is 5.99. The Morgan fingerprint density at radius 1 is 1.53 bits per heavy atom. The normalized spacial score (nSPS) is 12.1. The second-order valence-electron chi connectivity index (χ2n) is 3.44. The summed E-state index contributed by atoms with van der Waals surface area (Å²) in [7, 11) is 1.49. The molecular formula is C12H15BrO4. The standard InChI is InChI=1S/C12H15BrO4/c1-4-17-12(15)11(14)10-7(2)8(13)5-6-9(10)16-3/h5-6,11,14H,4H2,1-3H3. The van der Waals surface area contributed by atoms with E-state index >= 15 is 0 Å². The van der Waals surface area contributed by atoms with Crippen LogP contribution in [-0.4, -0.2) is 24.8 Å². The van der Waals surface area contributed by atoms with Gasteiger partial charge in [0.1, 0.15) is 5.75 Å². The highest BCUT2D eigenvalue weighted by Crippen LogP contribution is 2.33. The molecule has 5 heteroatoms. The average molecular weight is 303 g/mol. The molecule has 1 aromatic carbocycles. The van der Waals surface area contributed by atoms with Gasteiger partial charge in [0.15, 0.2) is 6.10 Å². The van der Waals surface area contributed by atoms with Gasteiger partial charge >= 0.3 is 5.97 Å². The van der Waals surface area contributed by atoms with Crippen LogP contribution in [0, 0.1) is 6.92 Å². The zero-order valence-corrected chi connectivity index (χ0v) is 11.6. The van der Waals surface area contributed by atoms with Gasteiger partial charge in [-0.3, -0.25) is 0 Å². The number of carbonyl (C=O) groups excluding carboxylic acids is 1. The molecule has 94 valence electrons. The number of methoxy groups -OCH3 is 1. The van der Waals surface area contributed by atoms with Crippen LogP contribution in [0.3, 0.4) is 0 Å². The molecule has 1 rings (SSSR count). The van der Waals surface area contributed by atoms with Crippen LogP contribution < -0.4 is 4.74 Å². The molecule has 1 N–H and O–H groups in total. The first-order chi connectivity index (χ1) is 8.02. The van der Waals surface area contributed by atoms with E-state index in [9.17, 15) is 9.90 Å². The van der Waals surface area contributed by atoms with Gasteiger partial charge < -0.3 is 14.6 Å². The summed E-state index contributed by atoms with van der Waals surface area (Å²) in [6, 6.07) is 3.49. The van der Waals surface area contributed by atoms with Crippen LogP contribution in [0.5, 0.6) is 5.75 Å². The highest BCUT2D eigenvalue weighted by Gasteiger charge is 2.25. The van der Waals surface area contributed by atoms with E-state index in [1.807, 2.05) is 0 Å². The molecule has 0 saturated carbocycles. The summed E-state index contributed by atoms with van der Waals surface area (Å²) in [5, 5.41) is 9.96. The quantitative estimate of drug-likeness (QED) is 0.868. The summed E-state index contributed by atoms with van der Waals surface area (Å²) >= 11 is 3.35. The van der Waals surface area contributed by atoms with Crippen molar-refractivity contribution < 1.29 is 19.4 Å². The molecule has 0 spiro atoms. The van der Waals surface area contributed by atoms with E-state index in [0.717, 1.165) is 10.0 Å². The Bertz CT molecular complexity index is 417. The minimum absolute atomic E-state index is 0.227. The lowest BCUT2D eigenvalue weighted by atomic mass is 10.0. The van der Waals surface area contributed by atoms with Crippen molar-refractivity contribution >= 4 is 21.9 Å². The van der Waals surface area contributed by atoms with Crippen molar-refractivity contribution in [3.8, 4) is 5.75 Å². The minimum atomic E-state index is -1.33. The molecule has 0 aliphatic rings. The fourth-order valence-electron chi connectivity index (χ4n) is 1.53. The maximum Gasteiger partial charge on any atom is 0.339 e. The monoisotopic (exact) mass is 302 g/mol. The van der Waals surface area contributed by atoms with Gasteiger partial charge in [0.05, 0.1) is 13.7 Å². The Hall–Kier alpha value is -1.07. The largest absolute Gasteiger partial charge is 0.496 e. The number of rotatable bonds is 4. The third-order valence-corrected chi connectivity index (χ3v) is 3.27. The molecule has 1 atom stereocenters. The molecule has 1 aromatic rings. The van der Waals surface area contributed by atoms with Crippen LogP contribution in [-0.2, 0) is 9.53 Å². The van der Waals surface area contributed by atoms with Crippen molar-refractivity contribution in [1.29, 1.82) is 0 Å². The van der Waals surface area contributed by atoms with Crippen LogP contribution >= 0.6 is 15.9 Å². The lowest BCUT2D eigenvalue weighted by Gasteiger charge is -2.17. The van der Waals surface area contributed by atoms with E-state index < -0.39 is 12.1 Å². The van der Waals surface area contributed by atoms with E-state index in [2.05, 4.69) is 15.9 Å². The van der Waals surface area contributed by atoms with Crippen molar-refractivity contribution in [2.75, 3.05) is 13.7 Å². The first-order valence-electron chi connectivity index (χ1n) is 5.20. The number of aliphatic hydroxyl groups is 1.